The maximum absolute atomic E-state index is 11.3. The van der Waals surface area contributed by atoms with Crippen LogP contribution in [0.2, 0.25) is 0 Å². The molecule has 0 aliphatic rings. The van der Waals surface area contributed by atoms with Gasteiger partial charge < -0.3 is 10.6 Å². The third-order valence-electron chi connectivity index (χ3n) is 1.63. The van der Waals surface area contributed by atoms with Gasteiger partial charge in [0, 0.05) is 0 Å². The van der Waals surface area contributed by atoms with Crippen LogP contribution in [0.25, 0.3) is 0 Å². The number of nitriles is 1. The van der Waals surface area contributed by atoms with E-state index in [1.165, 1.54) is 0 Å². The van der Waals surface area contributed by atoms with E-state index in [0.29, 0.717) is 18.7 Å². The predicted molar refractivity (Wildman–Crippen MR) is 51.1 cm³/mol. The van der Waals surface area contributed by atoms with Crippen LogP contribution in [-0.4, -0.2) is 24.9 Å². The minimum atomic E-state index is -0.541. The van der Waals surface area contributed by atoms with Crippen LogP contribution in [-0.2, 0) is 9.59 Å². The molecule has 14 heavy (non-hydrogen) atoms. The SMILES string of the molecule is CC(C)CC(NC=O)C(=O)NCC#N. The zero-order chi connectivity index (χ0) is 11.0. The second kappa shape index (κ2) is 6.89. The Labute approximate surface area is 83.5 Å². The quantitative estimate of drug-likeness (QED) is 0.456. The number of carbonyl (C=O) groups excluding carboxylic acids is 2. The molecule has 0 saturated heterocycles. The van der Waals surface area contributed by atoms with Crippen LogP contribution >= 0.6 is 0 Å². The van der Waals surface area contributed by atoms with Crippen molar-refractivity contribution in [1.82, 2.24) is 10.6 Å². The standard InChI is InChI=1S/C9H15N3O2/c1-7(2)5-8(12-6-13)9(14)11-4-3-10/h6-8H,4-5H2,1-2H3,(H,11,14)(H,12,13). The van der Waals surface area contributed by atoms with E-state index in [0.717, 1.165) is 0 Å². The summed E-state index contributed by atoms with van der Waals surface area (Å²) in [6.07, 6.45) is 1.06. The van der Waals surface area contributed by atoms with E-state index >= 15 is 0 Å². The topological polar surface area (TPSA) is 82.0 Å². The monoisotopic (exact) mass is 197 g/mol. The molecule has 0 radical (unpaired) electrons. The molecule has 5 nitrogen and oxygen atoms in total. The molecular weight excluding hydrogens is 182 g/mol. The van der Waals surface area contributed by atoms with Crippen molar-refractivity contribution in [2.24, 2.45) is 5.92 Å². The minimum absolute atomic E-state index is 0.0338. The number of nitrogens with one attached hydrogen (secondary N) is 2. The van der Waals surface area contributed by atoms with Gasteiger partial charge in [0.1, 0.15) is 12.6 Å². The van der Waals surface area contributed by atoms with E-state index in [1.807, 2.05) is 13.8 Å². The third-order valence-corrected chi connectivity index (χ3v) is 1.63. The molecule has 0 fully saturated rings. The van der Waals surface area contributed by atoms with Gasteiger partial charge >= 0.3 is 0 Å². The molecule has 0 rings (SSSR count). The molecule has 1 unspecified atom stereocenters. The van der Waals surface area contributed by atoms with Gasteiger partial charge in [-0.3, -0.25) is 9.59 Å². The molecule has 0 saturated carbocycles. The highest BCUT2D eigenvalue weighted by molar-refractivity contribution is 5.83. The molecule has 0 bridgehead atoms. The molecule has 0 heterocycles. The molecule has 0 aromatic carbocycles. The lowest BCUT2D eigenvalue weighted by Gasteiger charge is -2.16. The molecule has 2 amide bonds. The van der Waals surface area contributed by atoms with Crippen LogP contribution in [0.4, 0.5) is 0 Å². The smallest absolute Gasteiger partial charge is 0.243 e. The van der Waals surface area contributed by atoms with Crippen molar-refractivity contribution >= 4 is 12.3 Å². The average Bonchev–Trinajstić information content (AvgIpc) is 2.13. The molecule has 0 aliphatic heterocycles. The van der Waals surface area contributed by atoms with Gasteiger partial charge in [0.2, 0.25) is 12.3 Å². The van der Waals surface area contributed by atoms with Gasteiger partial charge in [-0.2, -0.15) is 5.26 Å². The predicted octanol–water partition coefficient (Wildman–Crippen LogP) is -0.213. The summed E-state index contributed by atoms with van der Waals surface area (Å²) in [5.74, 6) is -0.00682. The summed E-state index contributed by atoms with van der Waals surface area (Å²) in [6, 6.07) is 1.26. The second-order valence-corrected chi connectivity index (χ2v) is 3.34. The lowest BCUT2D eigenvalue weighted by Crippen LogP contribution is -2.44. The van der Waals surface area contributed by atoms with Gasteiger partial charge in [0.05, 0.1) is 6.07 Å². The molecule has 0 aromatic heterocycles. The number of hydrogen-bond acceptors (Lipinski definition) is 3. The third kappa shape index (κ3) is 5.14. The van der Waals surface area contributed by atoms with Gasteiger partial charge in [-0.05, 0) is 12.3 Å². The summed E-state index contributed by atoms with van der Waals surface area (Å²) in [5.41, 5.74) is 0. The Bertz CT molecular complexity index is 233. The van der Waals surface area contributed by atoms with Crippen LogP contribution in [0.5, 0.6) is 0 Å². The molecule has 78 valence electrons. The second-order valence-electron chi connectivity index (χ2n) is 3.34. The summed E-state index contributed by atoms with van der Waals surface area (Å²) in [7, 11) is 0. The molecular formula is C9H15N3O2. The maximum Gasteiger partial charge on any atom is 0.243 e. The molecule has 5 heteroatoms. The van der Waals surface area contributed by atoms with E-state index in [9.17, 15) is 9.59 Å². The fraction of sp³-hybridized carbons (Fsp3) is 0.667. The first-order valence-electron chi connectivity index (χ1n) is 4.46. The van der Waals surface area contributed by atoms with Crippen LogP contribution in [0.15, 0.2) is 0 Å². The Hall–Kier alpha value is -1.57. The minimum Gasteiger partial charge on any atom is -0.347 e. The maximum atomic E-state index is 11.3. The summed E-state index contributed by atoms with van der Waals surface area (Å²) in [6.45, 7) is 3.88. The zero-order valence-corrected chi connectivity index (χ0v) is 8.41. The summed E-state index contributed by atoms with van der Waals surface area (Å²) >= 11 is 0. The van der Waals surface area contributed by atoms with E-state index in [4.69, 9.17) is 5.26 Å². The summed E-state index contributed by atoms with van der Waals surface area (Å²) < 4.78 is 0. The van der Waals surface area contributed by atoms with Gasteiger partial charge in [0.15, 0.2) is 0 Å². The van der Waals surface area contributed by atoms with Crippen LogP contribution < -0.4 is 10.6 Å². The van der Waals surface area contributed by atoms with Crippen molar-refractivity contribution in [3.05, 3.63) is 0 Å². The lowest BCUT2D eigenvalue weighted by atomic mass is 10.0. The van der Waals surface area contributed by atoms with Crippen LogP contribution in [0, 0.1) is 17.2 Å². The van der Waals surface area contributed by atoms with Crippen LogP contribution in [0.3, 0.4) is 0 Å². The van der Waals surface area contributed by atoms with Crippen LogP contribution in [0.1, 0.15) is 20.3 Å². The number of rotatable bonds is 6. The average molecular weight is 197 g/mol. The molecule has 0 aliphatic carbocycles. The Morgan fingerprint density at radius 1 is 1.57 bits per heavy atom. The zero-order valence-electron chi connectivity index (χ0n) is 8.41. The number of carbonyl (C=O) groups is 2. The van der Waals surface area contributed by atoms with Crippen molar-refractivity contribution in [1.29, 1.82) is 5.26 Å². The molecule has 0 spiro atoms. The van der Waals surface area contributed by atoms with E-state index in [-0.39, 0.29) is 12.5 Å². The molecule has 2 N–H and O–H groups in total. The van der Waals surface area contributed by atoms with Crippen molar-refractivity contribution < 1.29 is 9.59 Å². The lowest BCUT2D eigenvalue weighted by molar-refractivity contribution is -0.125. The highest BCUT2D eigenvalue weighted by atomic mass is 16.2. The normalized spacial score (nSPS) is 11.6. The van der Waals surface area contributed by atoms with Crippen molar-refractivity contribution in [2.45, 2.75) is 26.3 Å². The number of hydrogen-bond donors (Lipinski definition) is 2. The van der Waals surface area contributed by atoms with Crippen molar-refractivity contribution in [2.75, 3.05) is 6.54 Å². The van der Waals surface area contributed by atoms with Crippen molar-refractivity contribution in [3.63, 3.8) is 0 Å². The number of nitrogens with zero attached hydrogens (tertiary/aromatic N) is 1. The largest absolute Gasteiger partial charge is 0.347 e. The highest BCUT2D eigenvalue weighted by Gasteiger charge is 2.17. The van der Waals surface area contributed by atoms with Gasteiger partial charge in [0.25, 0.3) is 0 Å². The Kier molecular flexibility index (Phi) is 6.12. The fourth-order valence-electron chi connectivity index (χ4n) is 1.05. The van der Waals surface area contributed by atoms with E-state index in [1.54, 1.807) is 6.07 Å². The Morgan fingerprint density at radius 2 is 2.21 bits per heavy atom. The first-order valence-corrected chi connectivity index (χ1v) is 4.46. The van der Waals surface area contributed by atoms with E-state index < -0.39 is 6.04 Å². The Morgan fingerprint density at radius 3 is 2.64 bits per heavy atom. The van der Waals surface area contributed by atoms with E-state index in [2.05, 4.69) is 10.6 Å². The summed E-state index contributed by atoms with van der Waals surface area (Å²) in [5, 5.41) is 13.1. The Balaban J connectivity index is 4.11. The first kappa shape index (κ1) is 12.4. The highest BCUT2D eigenvalue weighted by Crippen LogP contribution is 2.03. The molecule has 1 atom stereocenters. The van der Waals surface area contributed by atoms with Crippen molar-refractivity contribution in [3.8, 4) is 6.07 Å². The number of amides is 2. The fourth-order valence-corrected chi connectivity index (χ4v) is 1.05. The van der Waals surface area contributed by atoms with Gasteiger partial charge in [-0.1, -0.05) is 13.8 Å². The van der Waals surface area contributed by atoms with Gasteiger partial charge in [-0.15, -0.1) is 0 Å². The summed E-state index contributed by atoms with van der Waals surface area (Å²) in [4.78, 5) is 21.6. The molecule has 0 aromatic rings. The first-order chi connectivity index (χ1) is 6.61. The van der Waals surface area contributed by atoms with Gasteiger partial charge in [-0.25, -0.2) is 0 Å².